The Balaban J connectivity index is 2.36. The van der Waals surface area contributed by atoms with Crippen molar-refractivity contribution in [3.63, 3.8) is 0 Å². The number of amidine groups is 1. The van der Waals surface area contributed by atoms with Gasteiger partial charge < -0.3 is 16.3 Å². The van der Waals surface area contributed by atoms with Crippen LogP contribution in [0.2, 0.25) is 0 Å². The van der Waals surface area contributed by atoms with Crippen molar-refractivity contribution in [3.8, 4) is 0 Å². The van der Waals surface area contributed by atoms with Gasteiger partial charge in [0.1, 0.15) is 5.69 Å². The lowest BCUT2D eigenvalue weighted by atomic mass is 10.1. The maximum absolute atomic E-state index is 12.2. The average Bonchev–Trinajstić information content (AvgIpc) is 2.48. The van der Waals surface area contributed by atoms with Gasteiger partial charge in [0.15, 0.2) is 5.84 Å². The Labute approximate surface area is 137 Å². The molecule has 1 heterocycles. The van der Waals surface area contributed by atoms with E-state index in [0.29, 0.717) is 15.7 Å². The van der Waals surface area contributed by atoms with Crippen LogP contribution in [0.5, 0.6) is 0 Å². The summed E-state index contributed by atoms with van der Waals surface area (Å²) in [5.41, 5.74) is 6.66. The molecule has 0 bridgehead atoms. The van der Waals surface area contributed by atoms with Crippen molar-refractivity contribution in [2.45, 2.75) is 0 Å². The zero-order valence-corrected chi connectivity index (χ0v) is 13.7. The Bertz CT molecular complexity index is 719. The van der Waals surface area contributed by atoms with Gasteiger partial charge in [0.2, 0.25) is 0 Å². The van der Waals surface area contributed by atoms with Gasteiger partial charge in [0.05, 0.1) is 5.69 Å². The van der Waals surface area contributed by atoms with E-state index in [0.717, 1.165) is 4.47 Å². The number of halogens is 2. The number of amides is 1. The predicted molar refractivity (Wildman–Crippen MR) is 86.5 cm³/mol. The van der Waals surface area contributed by atoms with Crippen molar-refractivity contribution >= 4 is 49.3 Å². The number of anilines is 1. The fourth-order valence-corrected chi connectivity index (χ4v) is 2.42. The molecule has 0 unspecified atom stereocenters. The molecule has 6 nitrogen and oxygen atoms in total. The molecule has 0 fully saturated rings. The van der Waals surface area contributed by atoms with Crippen LogP contribution in [0.15, 0.2) is 50.6 Å². The molecule has 0 saturated heterocycles. The first kappa shape index (κ1) is 15.5. The normalized spacial score (nSPS) is 11.2. The van der Waals surface area contributed by atoms with Crippen molar-refractivity contribution < 1.29 is 10.0 Å². The van der Waals surface area contributed by atoms with Crippen LogP contribution in [0.1, 0.15) is 16.1 Å². The summed E-state index contributed by atoms with van der Waals surface area (Å²) in [7, 11) is 0. The topological polar surface area (TPSA) is 101 Å². The number of carbonyl (C=O) groups excluding carboxylic acids is 1. The summed E-state index contributed by atoms with van der Waals surface area (Å²) in [6.07, 6.45) is 1.52. The fraction of sp³-hybridized carbons (Fsp3) is 0. The van der Waals surface area contributed by atoms with E-state index in [9.17, 15) is 4.79 Å². The molecular weight excluding hydrogens is 404 g/mol. The summed E-state index contributed by atoms with van der Waals surface area (Å²) < 4.78 is 1.31. The van der Waals surface area contributed by atoms with Gasteiger partial charge in [0, 0.05) is 20.7 Å². The molecule has 2 aromatic rings. The number of nitrogens with two attached hydrogens (primary N) is 1. The first-order valence-corrected chi connectivity index (χ1v) is 7.31. The molecule has 0 aliphatic heterocycles. The minimum Gasteiger partial charge on any atom is -0.409 e. The van der Waals surface area contributed by atoms with Crippen molar-refractivity contribution in [1.82, 2.24) is 4.98 Å². The summed E-state index contributed by atoms with van der Waals surface area (Å²) in [5.74, 6) is -0.511. The monoisotopic (exact) mass is 412 g/mol. The molecule has 0 aliphatic rings. The van der Waals surface area contributed by atoms with Crippen LogP contribution in [0, 0.1) is 0 Å². The molecule has 0 saturated carbocycles. The quantitative estimate of drug-likeness (QED) is 0.311. The number of hydrogen-bond acceptors (Lipinski definition) is 4. The number of rotatable bonds is 3. The highest BCUT2D eigenvalue weighted by Crippen LogP contribution is 2.22. The first-order valence-electron chi connectivity index (χ1n) is 5.72. The van der Waals surface area contributed by atoms with Crippen LogP contribution in [-0.4, -0.2) is 21.9 Å². The summed E-state index contributed by atoms with van der Waals surface area (Å²) in [5, 5.41) is 14.5. The molecule has 21 heavy (non-hydrogen) atoms. The van der Waals surface area contributed by atoms with E-state index in [2.05, 4.69) is 47.3 Å². The van der Waals surface area contributed by atoms with E-state index < -0.39 is 5.91 Å². The number of aromatic nitrogens is 1. The second-order valence-corrected chi connectivity index (χ2v) is 5.73. The van der Waals surface area contributed by atoms with E-state index in [1.807, 2.05) is 0 Å². The minimum atomic E-state index is -0.406. The lowest BCUT2D eigenvalue weighted by Crippen LogP contribution is -2.20. The van der Waals surface area contributed by atoms with Gasteiger partial charge >= 0.3 is 0 Å². The molecule has 1 aromatic heterocycles. The Morgan fingerprint density at radius 1 is 1.33 bits per heavy atom. The predicted octanol–water partition coefficient (Wildman–Crippen LogP) is 2.95. The van der Waals surface area contributed by atoms with Crippen LogP contribution >= 0.6 is 31.9 Å². The molecule has 108 valence electrons. The maximum atomic E-state index is 12.2. The van der Waals surface area contributed by atoms with Gasteiger partial charge in [-0.1, -0.05) is 21.1 Å². The van der Waals surface area contributed by atoms with Gasteiger partial charge in [-0.05, 0) is 46.3 Å². The Morgan fingerprint density at radius 2 is 2.10 bits per heavy atom. The number of oxime groups is 1. The number of carbonyl (C=O) groups is 1. The van der Waals surface area contributed by atoms with Crippen LogP contribution in [0.4, 0.5) is 5.69 Å². The number of nitrogens with one attached hydrogen (secondary N) is 1. The van der Waals surface area contributed by atoms with Gasteiger partial charge in [-0.15, -0.1) is 0 Å². The number of nitrogens with zero attached hydrogens (tertiary/aromatic N) is 2. The smallest absolute Gasteiger partial charge is 0.275 e. The maximum Gasteiger partial charge on any atom is 0.275 e. The Kier molecular flexibility index (Phi) is 4.92. The van der Waals surface area contributed by atoms with Gasteiger partial charge in [-0.3, -0.25) is 4.79 Å². The molecule has 4 N–H and O–H groups in total. The van der Waals surface area contributed by atoms with Crippen molar-refractivity contribution in [1.29, 1.82) is 0 Å². The van der Waals surface area contributed by atoms with Gasteiger partial charge in [0.25, 0.3) is 5.91 Å². The molecule has 0 radical (unpaired) electrons. The number of benzene rings is 1. The standard InChI is InChI=1S/C13H10Br2N4O2/c14-7-3-4-10(8(6-7)12(16)19-21)18-13(20)11-9(15)2-1-5-17-11/h1-6,21H,(H2,16,19)(H,18,20). The second kappa shape index (κ2) is 6.68. The molecular formula is C13H10Br2N4O2. The molecule has 1 aromatic carbocycles. The van der Waals surface area contributed by atoms with E-state index in [1.54, 1.807) is 30.3 Å². The summed E-state index contributed by atoms with van der Waals surface area (Å²) in [6, 6.07) is 8.44. The van der Waals surface area contributed by atoms with Crippen molar-refractivity contribution in [3.05, 3.63) is 56.7 Å². The first-order chi connectivity index (χ1) is 10.0. The zero-order chi connectivity index (χ0) is 15.4. The summed E-state index contributed by atoms with van der Waals surface area (Å²) in [6.45, 7) is 0. The average molecular weight is 414 g/mol. The third-order valence-electron chi connectivity index (χ3n) is 2.59. The Morgan fingerprint density at radius 3 is 2.76 bits per heavy atom. The highest BCUT2D eigenvalue weighted by molar-refractivity contribution is 9.10. The fourth-order valence-electron chi connectivity index (χ4n) is 1.63. The Hall–Kier alpha value is -1.93. The van der Waals surface area contributed by atoms with E-state index in [4.69, 9.17) is 10.9 Å². The molecule has 1 amide bonds. The molecule has 2 rings (SSSR count). The van der Waals surface area contributed by atoms with E-state index in [1.165, 1.54) is 6.20 Å². The lowest BCUT2D eigenvalue weighted by molar-refractivity contribution is 0.102. The van der Waals surface area contributed by atoms with Crippen molar-refractivity contribution in [2.75, 3.05) is 5.32 Å². The minimum absolute atomic E-state index is 0.105. The highest BCUT2D eigenvalue weighted by Gasteiger charge is 2.15. The summed E-state index contributed by atoms with van der Waals surface area (Å²) >= 11 is 6.56. The second-order valence-electron chi connectivity index (χ2n) is 3.96. The van der Waals surface area contributed by atoms with Crippen LogP contribution < -0.4 is 11.1 Å². The van der Waals surface area contributed by atoms with Gasteiger partial charge in [-0.2, -0.15) is 0 Å². The number of hydrogen-bond donors (Lipinski definition) is 3. The van der Waals surface area contributed by atoms with Crippen molar-refractivity contribution in [2.24, 2.45) is 10.9 Å². The number of pyridine rings is 1. The zero-order valence-electron chi connectivity index (χ0n) is 10.5. The largest absolute Gasteiger partial charge is 0.409 e. The third-order valence-corrected chi connectivity index (χ3v) is 3.72. The molecule has 0 aliphatic carbocycles. The molecule has 0 spiro atoms. The van der Waals surface area contributed by atoms with E-state index >= 15 is 0 Å². The lowest BCUT2D eigenvalue weighted by Gasteiger charge is -2.11. The molecule has 0 atom stereocenters. The molecule has 8 heteroatoms. The van der Waals surface area contributed by atoms with Gasteiger partial charge in [-0.25, -0.2) is 4.98 Å². The van der Waals surface area contributed by atoms with Crippen LogP contribution in [0.3, 0.4) is 0 Å². The SMILES string of the molecule is N/C(=N/O)c1cc(Br)ccc1NC(=O)c1ncccc1Br. The van der Waals surface area contributed by atoms with Crippen LogP contribution in [-0.2, 0) is 0 Å². The van der Waals surface area contributed by atoms with E-state index in [-0.39, 0.29) is 11.5 Å². The highest BCUT2D eigenvalue weighted by atomic mass is 79.9. The van der Waals surface area contributed by atoms with Crippen LogP contribution in [0.25, 0.3) is 0 Å². The summed E-state index contributed by atoms with van der Waals surface area (Å²) in [4.78, 5) is 16.2. The third kappa shape index (κ3) is 3.59.